The summed E-state index contributed by atoms with van der Waals surface area (Å²) in [5.74, 6) is 0.301. The molecule has 1 spiro atoms. The molecule has 7 heteroatoms. The van der Waals surface area contributed by atoms with Crippen molar-refractivity contribution in [3.8, 4) is 5.75 Å². The third kappa shape index (κ3) is 1.55. The second kappa shape index (κ2) is 5.58. The van der Waals surface area contributed by atoms with Crippen LogP contribution in [0, 0.1) is 11.3 Å². The van der Waals surface area contributed by atoms with E-state index in [1.807, 2.05) is 19.1 Å². The third-order valence-corrected chi connectivity index (χ3v) is 8.95. The van der Waals surface area contributed by atoms with Crippen molar-refractivity contribution in [1.82, 2.24) is 4.90 Å². The fourth-order valence-electron chi connectivity index (χ4n) is 7.94. The van der Waals surface area contributed by atoms with Gasteiger partial charge in [0.2, 0.25) is 0 Å². The summed E-state index contributed by atoms with van der Waals surface area (Å²) in [5, 5.41) is 11.1. The first-order valence-electron chi connectivity index (χ1n) is 10.7. The van der Waals surface area contributed by atoms with E-state index in [4.69, 9.17) is 14.2 Å². The summed E-state index contributed by atoms with van der Waals surface area (Å²) >= 11 is 0. The number of hydrogen-bond acceptors (Lipinski definition) is 7. The molecule has 1 N–H and O–H groups in total. The van der Waals surface area contributed by atoms with Crippen molar-refractivity contribution in [1.29, 1.82) is 0 Å². The molecule has 4 aliphatic heterocycles. The van der Waals surface area contributed by atoms with Crippen LogP contribution in [0.1, 0.15) is 25.3 Å². The number of benzene rings is 1. The zero-order chi connectivity index (χ0) is 21.1. The number of likely N-dealkylation sites (N-methyl/N-ethyl adjacent to an activating group) is 1. The maximum absolute atomic E-state index is 13.7. The number of piperidine rings is 2. The van der Waals surface area contributed by atoms with Crippen LogP contribution in [0.3, 0.4) is 0 Å². The molecule has 4 heterocycles. The molecule has 1 aromatic rings. The molecule has 5 aliphatic rings. The monoisotopic (exact) mass is 412 g/mol. The number of allylic oxidation sites excluding steroid dienone is 1. The lowest BCUT2D eigenvalue weighted by molar-refractivity contribution is -0.194. The highest BCUT2D eigenvalue weighted by Crippen LogP contribution is 2.77. The zero-order valence-corrected chi connectivity index (χ0v) is 17.8. The standard InChI is InChI=1S/C23H28N2O5/c1-5-13-11-25-18-9-15(13)21(12-26,20(27)29-4)22-10-19(25)30-23(18,22)24(2)17-7-6-14(28-3)8-16(17)22/h5-8,15,18-19,26H,9-12H2,1-4H3/b13-5+/t15-,18-,19-,21-,22-,23-/m0/s1. The second-order valence-corrected chi connectivity index (χ2v) is 9.28. The fraction of sp³-hybridized carbons (Fsp3) is 0.609. The lowest BCUT2D eigenvalue weighted by atomic mass is 9.42. The Morgan fingerprint density at radius 1 is 1.40 bits per heavy atom. The van der Waals surface area contributed by atoms with E-state index in [0.717, 1.165) is 30.0 Å². The molecule has 0 radical (unpaired) electrons. The van der Waals surface area contributed by atoms with Crippen molar-refractivity contribution in [2.24, 2.45) is 11.3 Å². The number of carbonyl (C=O) groups excluding carboxylic acids is 1. The third-order valence-electron chi connectivity index (χ3n) is 8.95. The average Bonchev–Trinajstić information content (AvgIpc) is 3.38. The minimum Gasteiger partial charge on any atom is -0.497 e. The Morgan fingerprint density at radius 2 is 2.20 bits per heavy atom. The number of hydrogen-bond donors (Lipinski definition) is 1. The maximum atomic E-state index is 13.7. The summed E-state index contributed by atoms with van der Waals surface area (Å²) in [6, 6.07) is 6.19. The van der Waals surface area contributed by atoms with E-state index in [0.29, 0.717) is 6.42 Å². The van der Waals surface area contributed by atoms with Crippen molar-refractivity contribution in [3.63, 3.8) is 0 Å². The van der Waals surface area contributed by atoms with E-state index in [1.54, 1.807) is 7.11 Å². The van der Waals surface area contributed by atoms with Gasteiger partial charge in [-0.25, -0.2) is 0 Å². The molecule has 0 unspecified atom stereocenters. The van der Waals surface area contributed by atoms with Gasteiger partial charge in [0.15, 0.2) is 5.72 Å². The SMILES string of the molecule is C/C=C1\CN2[C@@H]3C[C@@]45c6cc(OC)ccc6N(C)[C@]4(O3)[C@@H]2C[C@@H]1[C@@]5(CO)C(=O)OC. The zero-order valence-electron chi connectivity index (χ0n) is 17.8. The number of nitrogens with zero attached hydrogens (tertiary/aromatic N) is 2. The van der Waals surface area contributed by atoms with Gasteiger partial charge in [0.25, 0.3) is 0 Å². The van der Waals surface area contributed by atoms with Crippen LogP contribution in [0.15, 0.2) is 29.8 Å². The van der Waals surface area contributed by atoms with Gasteiger partial charge in [-0.3, -0.25) is 9.69 Å². The van der Waals surface area contributed by atoms with Crippen LogP contribution in [0.2, 0.25) is 0 Å². The normalized spacial score (nSPS) is 43.8. The van der Waals surface area contributed by atoms with Crippen molar-refractivity contribution in [2.45, 2.75) is 43.2 Å². The van der Waals surface area contributed by atoms with Gasteiger partial charge >= 0.3 is 5.97 Å². The van der Waals surface area contributed by atoms with Crippen molar-refractivity contribution >= 4 is 11.7 Å². The van der Waals surface area contributed by atoms with Gasteiger partial charge in [-0.2, -0.15) is 0 Å². The minimum atomic E-state index is -1.12. The van der Waals surface area contributed by atoms with Crippen LogP contribution in [0.5, 0.6) is 5.75 Å². The molecule has 1 aliphatic carbocycles. The van der Waals surface area contributed by atoms with Gasteiger partial charge in [0.05, 0.1) is 32.3 Å². The summed E-state index contributed by atoms with van der Waals surface area (Å²) in [4.78, 5) is 18.4. The van der Waals surface area contributed by atoms with E-state index >= 15 is 0 Å². The predicted octanol–water partition coefficient (Wildman–Crippen LogP) is 1.64. The van der Waals surface area contributed by atoms with Crippen LogP contribution >= 0.6 is 0 Å². The Balaban J connectivity index is 1.74. The molecule has 160 valence electrons. The summed E-state index contributed by atoms with van der Waals surface area (Å²) < 4.78 is 17.9. The number of aliphatic hydroxyl groups is 1. The van der Waals surface area contributed by atoms with Crippen LogP contribution in [0.25, 0.3) is 0 Å². The van der Waals surface area contributed by atoms with Crippen LogP contribution in [-0.2, 0) is 19.7 Å². The maximum Gasteiger partial charge on any atom is 0.315 e. The van der Waals surface area contributed by atoms with Gasteiger partial charge < -0.3 is 24.2 Å². The molecule has 1 aromatic carbocycles. The van der Waals surface area contributed by atoms with Crippen LogP contribution < -0.4 is 9.64 Å². The highest BCUT2D eigenvalue weighted by atomic mass is 16.6. The molecule has 1 saturated carbocycles. The first kappa shape index (κ1) is 18.7. The van der Waals surface area contributed by atoms with Gasteiger partial charge in [-0.1, -0.05) is 11.6 Å². The van der Waals surface area contributed by atoms with E-state index in [-0.39, 0.29) is 30.8 Å². The van der Waals surface area contributed by atoms with Crippen LogP contribution in [0.4, 0.5) is 5.69 Å². The van der Waals surface area contributed by atoms with Gasteiger partial charge in [0.1, 0.15) is 17.4 Å². The first-order valence-corrected chi connectivity index (χ1v) is 10.7. The number of methoxy groups -OCH3 is 2. The summed E-state index contributed by atoms with van der Waals surface area (Å²) in [6.45, 7) is 2.51. The number of carbonyl (C=O) groups is 1. The molecule has 6 rings (SSSR count). The van der Waals surface area contributed by atoms with E-state index < -0.39 is 16.6 Å². The summed E-state index contributed by atoms with van der Waals surface area (Å²) in [5.41, 5.74) is 0.703. The molecule has 4 bridgehead atoms. The van der Waals surface area contributed by atoms with Gasteiger partial charge in [0, 0.05) is 31.6 Å². The minimum absolute atomic E-state index is 0.0939. The average molecular weight is 412 g/mol. The number of fused-ring (bicyclic) bond motifs is 4. The quantitative estimate of drug-likeness (QED) is 0.598. The Hall–Kier alpha value is -2.09. The van der Waals surface area contributed by atoms with E-state index in [9.17, 15) is 9.90 Å². The Bertz CT molecular complexity index is 994. The number of anilines is 1. The first-order chi connectivity index (χ1) is 14.5. The summed E-state index contributed by atoms with van der Waals surface area (Å²) in [7, 11) is 5.14. The molecule has 6 atom stereocenters. The van der Waals surface area contributed by atoms with E-state index in [1.165, 1.54) is 12.7 Å². The molecule has 30 heavy (non-hydrogen) atoms. The predicted molar refractivity (Wildman–Crippen MR) is 109 cm³/mol. The lowest BCUT2D eigenvalue weighted by Crippen LogP contribution is -2.79. The van der Waals surface area contributed by atoms with Crippen LogP contribution in [-0.4, -0.2) is 68.4 Å². The topological polar surface area (TPSA) is 71.5 Å². The fourth-order valence-corrected chi connectivity index (χ4v) is 7.94. The molecule has 0 amide bonds. The number of esters is 1. The van der Waals surface area contributed by atoms with E-state index in [2.05, 4.69) is 29.0 Å². The Labute approximate surface area is 176 Å². The molecule has 3 saturated heterocycles. The van der Waals surface area contributed by atoms with Crippen molar-refractivity contribution in [3.05, 3.63) is 35.4 Å². The molecule has 7 nitrogen and oxygen atoms in total. The van der Waals surface area contributed by atoms with Gasteiger partial charge in [-0.05, 0) is 37.1 Å². The number of ether oxygens (including phenoxy) is 3. The number of rotatable bonds is 3. The largest absolute Gasteiger partial charge is 0.497 e. The van der Waals surface area contributed by atoms with Gasteiger partial charge in [-0.15, -0.1) is 0 Å². The number of aliphatic hydroxyl groups excluding tert-OH is 1. The highest BCUT2D eigenvalue weighted by molar-refractivity contribution is 5.86. The molecular weight excluding hydrogens is 384 g/mol. The smallest absolute Gasteiger partial charge is 0.315 e. The van der Waals surface area contributed by atoms with Crippen molar-refractivity contribution in [2.75, 3.05) is 39.3 Å². The molecule has 0 aromatic heterocycles. The summed E-state index contributed by atoms with van der Waals surface area (Å²) in [6.07, 6.45) is 3.43. The highest BCUT2D eigenvalue weighted by Gasteiger charge is 2.88. The second-order valence-electron chi connectivity index (χ2n) is 9.28. The Morgan fingerprint density at radius 3 is 2.87 bits per heavy atom. The van der Waals surface area contributed by atoms with Crippen molar-refractivity contribution < 1.29 is 24.1 Å². The lowest BCUT2D eigenvalue weighted by Gasteiger charge is -2.65. The molecular formula is C23H28N2O5. The Kier molecular flexibility index (Phi) is 3.47. The molecule has 4 fully saturated rings.